The molecule has 154 valence electrons. The van der Waals surface area contributed by atoms with Gasteiger partial charge in [-0.05, 0) is 42.5 Å². The maximum Gasteiger partial charge on any atom is 0.257 e. The van der Waals surface area contributed by atoms with E-state index in [1.54, 1.807) is 67.7 Å². The van der Waals surface area contributed by atoms with Gasteiger partial charge in [0.2, 0.25) is 0 Å². The normalized spacial score (nSPS) is 10.3. The third-order valence-corrected chi connectivity index (χ3v) is 4.32. The monoisotopic (exact) mass is 408 g/mol. The number of benzene rings is 2. The molecule has 0 aliphatic heterocycles. The highest BCUT2D eigenvalue weighted by Crippen LogP contribution is 2.29. The summed E-state index contributed by atoms with van der Waals surface area (Å²) in [5.74, 6) is -0.930. The van der Waals surface area contributed by atoms with E-state index in [0.717, 1.165) is 0 Å². The van der Waals surface area contributed by atoms with Gasteiger partial charge in [0, 0.05) is 43.8 Å². The van der Waals surface area contributed by atoms with E-state index in [-0.39, 0.29) is 11.5 Å². The molecule has 0 unspecified atom stereocenters. The molecule has 7 nitrogen and oxygen atoms in total. The second-order valence-electron chi connectivity index (χ2n) is 6.63. The van der Waals surface area contributed by atoms with Crippen LogP contribution in [0.4, 0.5) is 21.5 Å². The summed E-state index contributed by atoms with van der Waals surface area (Å²) in [6.45, 7) is 0. The summed E-state index contributed by atoms with van der Waals surface area (Å²) < 4.78 is 19.5. The number of anilines is 3. The van der Waals surface area contributed by atoms with Gasteiger partial charge in [-0.1, -0.05) is 0 Å². The SMILES string of the molecule is COc1cc(NC(=O)c2ccc(N(C)C)c(F)c2)ccc1NC(=O)c1cccnc1. The van der Waals surface area contributed by atoms with Crippen molar-refractivity contribution >= 4 is 28.9 Å². The van der Waals surface area contributed by atoms with Crippen molar-refractivity contribution in [2.75, 3.05) is 36.7 Å². The second-order valence-corrected chi connectivity index (χ2v) is 6.63. The first kappa shape index (κ1) is 20.8. The molecular formula is C22H21FN4O3. The molecule has 3 aromatic rings. The lowest BCUT2D eigenvalue weighted by atomic mass is 10.1. The minimum Gasteiger partial charge on any atom is -0.494 e. The van der Waals surface area contributed by atoms with Crippen LogP contribution >= 0.6 is 0 Å². The number of hydrogen-bond donors (Lipinski definition) is 2. The number of methoxy groups -OCH3 is 1. The Balaban J connectivity index is 1.75. The first-order valence-electron chi connectivity index (χ1n) is 9.06. The van der Waals surface area contributed by atoms with Gasteiger partial charge in [0.1, 0.15) is 11.6 Å². The predicted molar refractivity (Wildman–Crippen MR) is 114 cm³/mol. The molecule has 8 heteroatoms. The van der Waals surface area contributed by atoms with Crippen molar-refractivity contribution in [1.82, 2.24) is 4.98 Å². The van der Waals surface area contributed by atoms with Gasteiger partial charge < -0.3 is 20.3 Å². The summed E-state index contributed by atoms with van der Waals surface area (Å²) in [6.07, 6.45) is 3.03. The highest BCUT2D eigenvalue weighted by atomic mass is 19.1. The smallest absolute Gasteiger partial charge is 0.257 e. The first-order valence-corrected chi connectivity index (χ1v) is 9.06. The van der Waals surface area contributed by atoms with Crippen molar-refractivity contribution in [3.63, 3.8) is 0 Å². The molecule has 0 fully saturated rings. The van der Waals surface area contributed by atoms with Gasteiger partial charge in [0.15, 0.2) is 0 Å². The molecule has 2 aromatic carbocycles. The van der Waals surface area contributed by atoms with Crippen molar-refractivity contribution in [3.8, 4) is 5.75 Å². The maximum absolute atomic E-state index is 14.1. The quantitative estimate of drug-likeness (QED) is 0.648. The van der Waals surface area contributed by atoms with Gasteiger partial charge in [-0.15, -0.1) is 0 Å². The van der Waals surface area contributed by atoms with Crippen LogP contribution in [0, 0.1) is 5.82 Å². The van der Waals surface area contributed by atoms with E-state index >= 15 is 0 Å². The summed E-state index contributed by atoms with van der Waals surface area (Å²) in [7, 11) is 4.90. The summed E-state index contributed by atoms with van der Waals surface area (Å²) >= 11 is 0. The van der Waals surface area contributed by atoms with Crippen molar-refractivity contribution in [1.29, 1.82) is 0 Å². The molecule has 0 saturated heterocycles. The van der Waals surface area contributed by atoms with Crippen LogP contribution in [-0.2, 0) is 0 Å². The highest BCUT2D eigenvalue weighted by Gasteiger charge is 2.14. The van der Waals surface area contributed by atoms with E-state index in [9.17, 15) is 14.0 Å². The average molecular weight is 408 g/mol. The van der Waals surface area contributed by atoms with Crippen LogP contribution in [0.1, 0.15) is 20.7 Å². The third kappa shape index (κ3) is 4.72. The number of rotatable bonds is 6. The molecule has 0 saturated carbocycles. The molecule has 2 N–H and O–H groups in total. The molecular weight excluding hydrogens is 387 g/mol. The summed E-state index contributed by atoms with van der Waals surface area (Å²) in [4.78, 5) is 30.4. The lowest BCUT2D eigenvalue weighted by Gasteiger charge is -2.15. The van der Waals surface area contributed by atoms with Crippen LogP contribution in [0.5, 0.6) is 5.75 Å². The number of pyridine rings is 1. The number of amides is 2. The van der Waals surface area contributed by atoms with Crippen LogP contribution in [0.3, 0.4) is 0 Å². The van der Waals surface area contributed by atoms with E-state index in [4.69, 9.17) is 4.74 Å². The minimum absolute atomic E-state index is 0.186. The number of carbonyl (C=O) groups is 2. The molecule has 0 radical (unpaired) electrons. The Bertz CT molecular complexity index is 1070. The Kier molecular flexibility index (Phi) is 6.26. The molecule has 3 rings (SSSR count). The number of halogens is 1. The van der Waals surface area contributed by atoms with Crippen LogP contribution in [0.15, 0.2) is 60.9 Å². The topological polar surface area (TPSA) is 83.6 Å². The molecule has 1 heterocycles. The number of nitrogens with zero attached hydrogens (tertiary/aromatic N) is 2. The molecule has 0 aliphatic rings. The lowest BCUT2D eigenvalue weighted by Crippen LogP contribution is -2.15. The lowest BCUT2D eigenvalue weighted by molar-refractivity contribution is 0.101. The Morgan fingerprint density at radius 1 is 1.00 bits per heavy atom. The van der Waals surface area contributed by atoms with Gasteiger partial charge in [-0.25, -0.2) is 4.39 Å². The number of carbonyl (C=O) groups excluding carboxylic acids is 2. The zero-order valence-corrected chi connectivity index (χ0v) is 16.8. The number of nitrogens with one attached hydrogen (secondary N) is 2. The molecule has 0 atom stereocenters. The Hall–Kier alpha value is -3.94. The van der Waals surface area contributed by atoms with Gasteiger partial charge in [-0.2, -0.15) is 0 Å². The Labute approximate surface area is 173 Å². The summed E-state index contributed by atoms with van der Waals surface area (Å²) in [5, 5.41) is 5.44. The Morgan fingerprint density at radius 2 is 1.77 bits per heavy atom. The fourth-order valence-corrected chi connectivity index (χ4v) is 2.78. The second kappa shape index (κ2) is 9.04. The highest BCUT2D eigenvalue weighted by molar-refractivity contribution is 6.06. The van der Waals surface area contributed by atoms with Crippen molar-refractivity contribution in [3.05, 3.63) is 77.9 Å². The van der Waals surface area contributed by atoms with E-state index in [1.165, 1.54) is 19.4 Å². The van der Waals surface area contributed by atoms with Crippen molar-refractivity contribution in [2.45, 2.75) is 0 Å². The number of aromatic nitrogens is 1. The summed E-state index contributed by atoms with van der Waals surface area (Å²) in [5.41, 5.74) is 1.85. The van der Waals surface area contributed by atoms with Gasteiger partial charge in [0.05, 0.1) is 24.0 Å². The number of hydrogen-bond acceptors (Lipinski definition) is 5. The van der Waals surface area contributed by atoms with E-state index in [2.05, 4.69) is 15.6 Å². The third-order valence-electron chi connectivity index (χ3n) is 4.32. The Morgan fingerprint density at radius 3 is 2.40 bits per heavy atom. The molecule has 30 heavy (non-hydrogen) atoms. The van der Waals surface area contributed by atoms with Gasteiger partial charge >= 0.3 is 0 Å². The van der Waals surface area contributed by atoms with Crippen LogP contribution in [0.25, 0.3) is 0 Å². The molecule has 1 aromatic heterocycles. The largest absolute Gasteiger partial charge is 0.494 e. The van der Waals surface area contributed by atoms with Gasteiger partial charge in [-0.3, -0.25) is 14.6 Å². The first-order chi connectivity index (χ1) is 14.4. The van der Waals surface area contributed by atoms with Crippen molar-refractivity contribution in [2.24, 2.45) is 0 Å². The van der Waals surface area contributed by atoms with E-state index in [1.807, 2.05) is 0 Å². The standard InChI is InChI=1S/C22H21FN4O3/c1-27(2)19-9-6-14(11-17(19)23)21(28)25-16-7-8-18(20(12-16)30-3)26-22(29)15-5-4-10-24-13-15/h4-13H,1-3H3,(H,25,28)(H,26,29). The average Bonchev–Trinajstić information content (AvgIpc) is 2.74. The maximum atomic E-state index is 14.1. The zero-order valence-electron chi connectivity index (χ0n) is 16.8. The molecule has 0 spiro atoms. The van der Waals surface area contributed by atoms with Crippen LogP contribution < -0.4 is 20.3 Å². The van der Waals surface area contributed by atoms with Crippen molar-refractivity contribution < 1.29 is 18.7 Å². The molecule has 2 amide bonds. The van der Waals surface area contributed by atoms with Gasteiger partial charge in [0.25, 0.3) is 11.8 Å². The summed E-state index contributed by atoms with van der Waals surface area (Å²) in [6, 6.07) is 12.4. The fraction of sp³-hybridized carbons (Fsp3) is 0.136. The predicted octanol–water partition coefficient (Wildman–Crippen LogP) is 3.80. The molecule has 0 bridgehead atoms. The van der Waals surface area contributed by atoms with Crippen LogP contribution in [-0.4, -0.2) is 38.0 Å². The van der Waals surface area contributed by atoms with E-state index < -0.39 is 11.7 Å². The van der Waals surface area contributed by atoms with Crippen LogP contribution in [0.2, 0.25) is 0 Å². The fourth-order valence-electron chi connectivity index (χ4n) is 2.78. The zero-order chi connectivity index (χ0) is 21.7. The number of ether oxygens (including phenoxy) is 1. The van der Waals surface area contributed by atoms with E-state index in [0.29, 0.717) is 28.4 Å². The minimum atomic E-state index is -0.487. The molecule has 0 aliphatic carbocycles.